The van der Waals surface area contributed by atoms with Crippen LogP contribution < -0.4 is 0 Å². The molecule has 2 unspecified atom stereocenters. The number of thioether (sulfide) groups is 1. The van der Waals surface area contributed by atoms with Crippen molar-refractivity contribution in [3.63, 3.8) is 0 Å². The van der Waals surface area contributed by atoms with Crippen LogP contribution in [-0.4, -0.2) is 35.9 Å². The Balaban J connectivity index is 1.21. The van der Waals surface area contributed by atoms with Crippen LogP contribution in [-0.2, 0) is 4.74 Å². The van der Waals surface area contributed by atoms with Crippen molar-refractivity contribution >= 4 is 23.4 Å². The summed E-state index contributed by atoms with van der Waals surface area (Å²) in [6.07, 6.45) is 7.21. The molecule has 2 atom stereocenters. The number of hydrogen-bond donors (Lipinski definition) is 0. The highest BCUT2D eigenvalue weighted by Crippen LogP contribution is 2.45. The second-order valence-electron chi connectivity index (χ2n) is 9.11. The van der Waals surface area contributed by atoms with Crippen LogP contribution in [0.1, 0.15) is 41.9 Å². The molecule has 3 nitrogen and oxygen atoms in total. The highest BCUT2D eigenvalue weighted by atomic mass is 32.2. The van der Waals surface area contributed by atoms with Gasteiger partial charge in [0.1, 0.15) is 6.61 Å². The lowest BCUT2D eigenvalue weighted by molar-refractivity contribution is 0.0866. The number of ether oxygens (including phenoxy) is 1. The molecule has 1 fully saturated rings. The molecule has 0 saturated carbocycles. The highest BCUT2D eigenvalue weighted by molar-refractivity contribution is 7.98. The van der Waals surface area contributed by atoms with E-state index in [9.17, 15) is 4.79 Å². The first kappa shape index (κ1) is 20.6. The van der Waals surface area contributed by atoms with Gasteiger partial charge in [0.25, 0.3) is 0 Å². The van der Waals surface area contributed by atoms with Gasteiger partial charge in [-0.25, -0.2) is 4.79 Å². The number of carbonyl (C=O) groups excluding carboxylic acids is 1. The summed E-state index contributed by atoms with van der Waals surface area (Å²) in [7, 11) is 0. The molecule has 0 N–H and O–H groups in total. The van der Waals surface area contributed by atoms with Gasteiger partial charge in [-0.1, -0.05) is 72.8 Å². The van der Waals surface area contributed by atoms with Crippen molar-refractivity contribution in [1.29, 1.82) is 0 Å². The van der Waals surface area contributed by atoms with Crippen LogP contribution in [0.5, 0.6) is 0 Å². The minimum absolute atomic E-state index is 0.100. The normalized spacial score (nSPS) is 20.9. The lowest BCUT2D eigenvalue weighted by Crippen LogP contribution is -2.43. The van der Waals surface area contributed by atoms with Gasteiger partial charge in [-0.05, 0) is 65.0 Å². The fourth-order valence-electron chi connectivity index (χ4n) is 5.89. The van der Waals surface area contributed by atoms with E-state index >= 15 is 0 Å². The first-order valence-corrected chi connectivity index (χ1v) is 12.9. The van der Waals surface area contributed by atoms with E-state index in [-0.39, 0.29) is 24.1 Å². The van der Waals surface area contributed by atoms with Crippen molar-refractivity contribution < 1.29 is 9.53 Å². The molecule has 2 bridgehead atoms. The van der Waals surface area contributed by atoms with Gasteiger partial charge in [0, 0.05) is 16.9 Å². The number of nitrogens with zero attached hydrogens (tertiary/aromatic N) is 1. The van der Waals surface area contributed by atoms with Crippen molar-refractivity contribution in [2.45, 2.75) is 42.2 Å². The number of fused-ring (bicyclic) bond motifs is 5. The van der Waals surface area contributed by atoms with Gasteiger partial charge in [-0.3, -0.25) is 4.90 Å². The van der Waals surface area contributed by atoms with Gasteiger partial charge in [0.2, 0.25) is 0 Å². The molecule has 0 aromatic heterocycles. The van der Waals surface area contributed by atoms with Crippen LogP contribution in [0.4, 0.5) is 4.79 Å². The largest absolute Gasteiger partial charge is 0.448 e. The molecule has 1 amide bonds. The van der Waals surface area contributed by atoms with E-state index in [1.165, 1.54) is 38.3 Å². The van der Waals surface area contributed by atoms with Crippen LogP contribution in [0, 0.1) is 0 Å². The molecule has 3 aromatic carbocycles. The zero-order valence-corrected chi connectivity index (χ0v) is 19.6. The molecular formula is C29H27NO2S. The van der Waals surface area contributed by atoms with Gasteiger partial charge in [0.05, 0.1) is 6.04 Å². The number of rotatable bonds is 4. The summed E-state index contributed by atoms with van der Waals surface area (Å²) in [4.78, 5) is 16.6. The van der Waals surface area contributed by atoms with E-state index < -0.39 is 0 Å². The molecule has 0 radical (unpaired) electrons. The number of benzene rings is 3. The molecule has 3 aromatic rings. The molecule has 2 aliphatic heterocycles. The summed E-state index contributed by atoms with van der Waals surface area (Å²) in [5.41, 5.74) is 7.71. The quantitative estimate of drug-likeness (QED) is 0.399. The Morgan fingerprint density at radius 3 is 2.21 bits per heavy atom. The highest BCUT2D eigenvalue weighted by Gasteiger charge is 2.41. The predicted molar refractivity (Wildman–Crippen MR) is 135 cm³/mol. The van der Waals surface area contributed by atoms with Gasteiger partial charge < -0.3 is 4.74 Å². The summed E-state index contributed by atoms with van der Waals surface area (Å²) in [6, 6.07) is 25.9. The zero-order chi connectivity index (χ0) is 22.4. The minimum Gasteiger partial charge on any atom is -0.448 e. The maximum absolute atomic E-state index is 13.3. The van der Waals surface area contributed by atoms with Crippen molar-refractivity contribution in [2.24, 2.45) is 0 Å². The van der Waals surface area contributed by atoms with Crippen LogP contribution in [0.25, 0.3) is 16.7 Å². The third-order valence-electron chi connectivity index (χ3n) is 7.40. The van der Waals surface area contributed by atoms with E-state index in [4.69, 9.17) is 4.74 Å². The van der Waals surface area contributed by atoms with Crippen molar-refractivity contribution in [1.82, 2.24) is 4.90 Å². The Bertz CT molecular complexity index is 1200. The number of carbonyl (C=O) groups is 1. The maximum atomic E-state index is 13.3. The standard InChI is InChI=1S/C29H27NO2S/c1-33-28-13-7-6-8-22(28)19-16-20-14-15-21(17-19)30(20)29(31)32-18-27-25-11-4-2-9-23(25)24-10-3-5-12-26(24)27/h2-13,16,20-21,27H,14-15,17-18H2,1H3. The minimum atomic E-state index is -0.169. The van der Waals surface area contributed by atoms with Crippen LogP contribution in [0.3, 0.4) is 0 Å². The Morgan fingerprint density at radius 2 is 1.55 bits per heavy atom. The third-order valence-corrected chi connectivity index (χ3v) is 8.19. The van der Waals surface area contributed by atoms with Crippen LogP contribution >= 0.6 is 11.8 Å². The molecule has 0 spiro atoms. The Morgan fingerprint density at radius 1 is 0.909 bits per heavy atom. The lowest BCUT2D eigenvalue weighted by atomic mass is 9.95. The van der Waals surface area contributed by atoms with Crippen molar-refractivity contribution in [3.8, 4) is 11.1 Å². The summed E-state index contributed by atoms with van der Waals surface area (Å²) in [6.45, 7) is 0.384. The van der Waals surface area contributed by atoms with Gasteiger partial charge in [-0.2, -0.15) is 0 Å². The molecule has 6 rings (SSSR count). The smallest absolute Gasteiger partial charge is 0.410 e. The summed E-state index contributed by atoms with van der Waals surface area (Å²) in [5.74, 6) is 0.100. The molecule has 3 aliphatic rings. The molecular weight excluding hydrogens is 426 g/mol. The first-order chi connectivity index (χ1) is 16.2. The Labute approximate surface area is 199 Å². The molecule has 4 heteroatoms. The van der Waals surface area contributed by atoms with E-state index in [0.29, 0.717) is 6.61 Å². The molecule has 1 saturated heterocycles. The topological polar surface area (TPSA) is 29.5 Å². The number of hydrogen-bond acceptors (Lipinski definition) is 3. The predicted octanol–water partition coefficient (Wildman–Crippen LogP) is 6.98. The van der Waals surface area contributed by atoms with Crippen LogP contribution in [0.2, 0.25) is 0 Å². The van der Waals surface area contributed by atoms with Crippen molar-refractivity contribution in [2.75, 3.05) is 12.9 Å². The lowest BCUT2D eigenvalue weighted by Gasteiger charge is -2.34. The second-order valence-corrected chi connectivity index (χ2v) is 9.95. The van der Waals surface area contributed by atoms with Gasteiger partial charge in [0.15, 0.2) is 0 Å². The molecule has 2 heterocycles. The monoisotopic (exact) mass is 453 g/mol. The Kier molecular flexibility index (Phi) is 5.26. The first-order valence-electron chi connectivity index (χ1n) is 11.7. The maximum Gasteiger partial charge on any atom is 0.410 e. The summed E-state index contributed by atoms with van der Waals surface area (Å²) >= 11 is 1.78. The second kappa shape index (κ2) is 8.42. The summed E-state index contributed by atoms with van der Waals surface area (Å²) in [5, 5.41) is 0. The molecule has 1 aliphatic carbocycles. The van der Waals surface area contributed by atoms with Crippen molar-refractivity contribution in [3.05, 3.63) is 95.6 Å². The van der Waals surface area contributed by atoms with Gasteiger partial charge >= 0.3 is 6.09 Å². The van der Waals surface area contributed by atoms with Crippen LogP contribution in [0.15, 0.2) is 83.8 Å². The molecule has 166 valence electrons. The number of amides is 1. The van der Waals surface area contributed by atoms with E-state index in [0.717, 1.165) is 19.3 Å². The van der Waals surface area contributed by atoms with E-state index in [2.05, 4.69) is 85.1 Å². The average molecular weight is 454 g/mol. The van der Waals surface area contributed by atoms with E-state index in [1.54, 1.807) is 11.8 Å². The molecule has 33 heavy (non-hydrogen) atoms. The van der Waals surface area contributed by atoms with Gasteiger partial charge in [-0.15, -0.1) is 11.8 Å². The Hall–Kier alpha value is -2.98. The third kappa shape index (κ3) is 3.48. The SMILES string of the molecule is CSc1ccccc1C1=CC2CCC(C1)N2C(=O)OCC1c2ccccc2-c2ccccc21. The fourth-order valence-corrected chi connectivity index (χ4v) is 6.53. The average Bonchev–Trinajstić information content (AvgIpc) is 3.33. The van der Waals surface area contributed by atoms with E-state index in [1.807, 2.05) is 4.90 Å². The zero-order valence-electron chi connectivity index (χ0n) is 18.7. The summed E-state index contributed by atoms with van der Waals surface area (Å²) < 4.78 is 6.00. The fraction of sp³-hybridized carbons (Fsp3) is 0.276.